The van der Waals surface area contributed by atoms with Crippen LogP contribution >= 0.6 is 0 Å². The minimum Gasteiger partial charge on any atom is -0.309 e. The Kier molecular flexibility index (Phi) is 10.3. The maximum atomic E-state index is 2.48. The molecular formula is C75H49N. The monoisotopic (exact) mass is 963 g/mol. The molecule has 13 aromatic carbocycles. The van der Waals surface area contributed by atoms with Crippen molar-refractivity contribution < 1.29 is 0 Å². The Morgan fingerprint density at radius 2 is 0.566 bits per heavy atom. The van der Waals surface area contributed by atoms with Crippen molar-refractivity contribution in [2.75, 3.05) is 0 Å². The minimum absolute atomic E-state index is 0.916. The Morgan fingerprint density at radius 3 is 1.07 bits per heavy atom. The third kappa shape index (κ3) is 7.55. The van der Waals surface area contributed by atoms with E-state index in [9.17, 15) is 0 Å². The fraction of sp³-hybridized carbons (Fsp3) is 0.0133. The molecule has 354 valence electrons. The predicted octanol–water partition coefficient (Wildman–Crippen LogP) is 20.3. The zero-order valence-corrected chi connectivity index (χ0v) is 41.8. The van der Waals surface area contributed by atoms with Crippen LogP contribution in [0.25, 0.3) is 138 Å². The normalized spacial score (nSPS) is 11.9. The van der Waals surface area contributed by atoms with Gasteiger partial charge < -0.3 is 4.57 Å². The lowest BCUT2D eigenvalue weighted by molar-refractivity contribution is 1.16. The highest BCUT2D eigenvalue weighted by molar-refractivity contribution is 6.12. The molecule has 1 aliphatic carbocycles. The van der Waals surface area contributed by atoms with E-state index in [0.29, 0.717) is 0 Å². The van der Waals surface area contributed by atoms with Gasteiger partial charge in [0.15, 0.2) is 0 Å². The maximum Gasteiger partial charge on any atom is 0.0541 e. The van der Waals surface area contributed by atoms with Crippen molar-refractivity contribution in [3.8, 4) is 94.7 Å². The van der Waals surface area contributed by atoms with Gasteiger partial charge in [0.2, 0.25) is 0 Å². The number of rotatable bonds is 8. The first kappa shape index (κ1) is 43.7. The molecule has 0 saturated heterocycles. The number of benzene rings is 13. The first-order valence-corrected chi connectivity index (χ1v) is 26.4. The second-order valence-electron chi connectivity index (χ2n) is 20.4. The number of hydrogen-bond acceptors (Lipinski definition) is 0. The summed E-state index contributed by atoms with van der Waals surface area (Å²) in [5, 5.41) is 7.55. The smallest absolute Gasteiger partial charge is 0.0541 e. The van der Waals surface area contributed by atoms with Crippen LogP contribution in [0.3, 0.4) is 0 Å². The molecule has 15 rings (SSSR count). The summed E-state index contributed by atoms with van der Waals surface area (Å²) < 4.78 is 2.48. The van der Waals surface area contributed by atoms with Gasteiger partial charge in [0.1, 0.15) is 0 Å². The quantitative estimate of drug-likeness (QED) is 0.143. The fourth-order valence-electron chi connectivity index (χ4n) is 12.2. The summed E-state index contributed by atoms with van der Waals surface area (Å²) in [6.45, 7) is 0. The van der Waals surface area contributed by atoms with Gasteiger partial charge in [-0.3, -0.25) is 0 Å². The Bertz CT molecular complexity index is 4310. The number of nitrogens with zero attached hydrogens (tertiary/aromatic N) is 1. The third-order valence-corrected chi connectivity index (χ3v) is 16.1. The molecule has 1 heteroatoms. The number of aromatic nitrogens is 1. The third-order valence-electron chi connectivity index (χ3n) is 16.1. The van der Waals surface area contributed by atoms with Gasteiger partial charge in [-0.25, -0.2) is 0 Å². The van der Waals surface area contributed by atoms with Gasteiger partial charge in [-0.15, -0.1) is 0 Å². The van der Waals surface area contributed by atoms with Gasteiger partial charge >= 0.3 is 0 Å². The van der Waals surface area contributed by atoms with Crippen LogP contribution in [0.15, 0.2) is 285 Å². The van der Waals surface area contributed by atoms with E-state index in [1.807, 2.05) is 0 Å². The number of hydrogen-bond donors (Lipinski definition) is 0. The van der Waals surface area contributed by atoms with Crippen LogP contribution in [0.5, 0.6) is 0 Å². The first-order chi connectivity index (χ1) is 37.6. The molecule has 1 nitrogen and oxygen atoms in total. The molecule has 0 amide bonds. The maximum absolute atomic E-state index is 2.48. The largest absolute Gasteiger partial charge is 0.309 e. The number of fused-ring (bicyclic) bond motifs is 8. The fourth-order valence-corrected chi connectivity index (χ4v) is 12.2. The van der Waals surface area contributed by atoms with Crippen LogP contribution in [0.1, 0.15) is 11.1 Å². The molecule has 0 spiro atoms. The molecule has 0 aliphatic heterocycles. The lowest BCUT2D eigenvalue weighted by atomic mass is 9.95. The van der Waals surface area contributed by atoms with Gasteiger partial charge in [0.05, 0.1) is 11.0 Å². The second-order valence-corrected chi connectivity index (χ2v) is 20.4. The summed E-state index contributed by atoms with van der Waals surface area (Å²) in [7, 11) is 0. The second kappa shape index (κ2) is 18.0. The molecule has 0 saturated carbocycles. The van der Waals surface area contributed by atoms with Crippen LogP contribution in [-0.4, -0.2) is 4.57 Å². The molecule has 76 heavy (non-hydrogen) atoms. The SMILES string of the molecule is c1ccc(-c2ccc3c(c2)Cc2cc(-n4c5ccc(-c6ccc(-c7ccc(-c8cccc9ccccc89)cc7)cc6)cc5c5cc(-c6ccc(-c7ccc(-c8cccc9ccccc89)cc7)cc6)ccc54)ccc2-3)cc1. The minimum atomic E-state index is 0.916. The van der Waals surface area contributed by atoms with Crippen molar-refractivity contribution >= 4 is 43.4 Å². The van der Waals surface area contributed by atoms with E-state index >= 15 is 0 Å². The predicted molar refractivity (Wildman–Crippen MR) is 322 cm³/mol. The molecular weight excluding hydrogens is 915 g/mol. The summed E-state index contributed by atoms with van der Waals surface area (Å²) >= 11 is 0. The van der Waals surface area contributed by atoms with Gasteiger partial charge in [-0.2, -0.15) is 0 Å². The average Bonchev–Trinajstić information content (AvgIpc) is 4.07. The molecule has 0 unspecified atom stereocenters. The lowest BCUT2D eigenvalue weighted by Crippen LogP contribution is -1.95. The topological polar surface area (TPSA) is 4.93 Å². The van der Waals surface area contributed by atoms with E-state index in [2.05, 4.69) is 290 Å². The van der Waals surface area contributed by atoms with E-state index in [-0.39, 0.29) is 0 Å². The van der Waals surface area contributed by atoms with Gasteiger partial charge in [0.25, 0.3) is 0 Å². The van der Waals surface area contributed by atoms with Crippen LogP contribution in [0, 0.1) is 0 Å². The molecule has 0 atom stereocenters. The molecule has 14 aromatic rings. The molecule has 1 aliphatic rings. The van der Waals surface area contributed by atoms with Crippen molar-refractivity contribution in [3.63, 3.8) is 0 Å². The molecule has 0 N–H and O–H groups in total. The van der Waals surface area contributed by atoms with Crippen LogP contribution in [-0.2, 0) is 6.42 Å². The molecule has 0 fully saturated rings. The van der Waals surface area contributed by atoms with E-state index in [1.165, 1.54) is 149 Å². The van der Waals surface area contributed by atoms with Gasteiger partial charge in [-0.1, -0.05) is 249 Å². The van der Waals surface area contributed by atoms with Gasteiger partial charge in [0, 0.05) is 16.5 Å². The molecule has 0 bridgehead atoms. The highest BCUT2D eigenvalue weighted by Gasteiger charge is 2.22. The summed E-state index contributed by atoms with van der Waals surface area (Å²) in [6, 6.07) is 105. The zero-order chi connectivity index (χ0) is 50.1. The Labute approximate surface area is 442 Å². The van der Waals surface area contributed by atoms with Crippen molar-refractivity contribution in [2.45, 2.75) is 6.42 Å². The van der Waals surface area contributed by atoms with Crippen molar-refractivity contribution in [1.29, 1.82) is 0 Å². The Hall–Kier alpha value is -9.82. The van der Waals surface area contributed by atoms with Gasteiger partial charge in [-0.05, 0) is 165 Å². The van der Waals surface area contributed by atoms with E-state index in [1.54, 1.807) is 0 Å². The van der Waals surface area contributed by atoms with E-state index in [0.717, 1.165) is 6.42 Å². The summed E-state index contributed by atoms with van der Waals surface area (Å²) in [4.78, 5) is 0. The van der Waals surface area contributed by atoms with Crippen molar-refractivity contribution in [1.82, 2.24) is 4.57 Å². The van der Waals surface area contributed by atoms with Crippen molar-refractivity contribution in [3.05, 3.63) is 296 Å². The molecule has 1 aromatic heterocycles. The molecule has 0 radical (unpaired) electrons. The van der Waals surface area contributed by atoms with Crippen LogP contribution in [0.2, 0.25) is 0 Å². The summed E-state index contributed by atoms with van der Waals surface area (Å²) in [6.07, 6.45) is 0.916. The summed E-state index contributed by atoms with van der Waals surface area (Å²) in [5.74, 6) is 0. The highest BCUT2D eigenvalue weighted by Crippen LogP contribution is 2.43. The molecule has 1 heterocycles. The first-order valence-electron chi connectivity index (χ1n) is 26.4. The Morgan fingerprint density at radius 1 is 0.211 bits per heavy atom. The Balaban J connectivity index is 0.778. The standard InChI is InChI=1S/C75H49N/c1-2-10-49(11-3-1)60-36-40-70-63(44-60)45-64-46-65(39-41-71(64)70)76-74-42-37-61(54-24-20-50(21-25-54)52-28-32-58(33-29-52)68-18-8-14-56-12-4-6-16-66(56)68)47-72(74)73-48-62(38-43-75(73)76)55-26-22-51(23-27-55)53-30-34-59(35-31-53)69-19-9-15-57-13-5-7-17-67(57)69/h1-44,46-48H,45H2. The van der Waals surface area contributed by atoms with Crippen molar-refractivity contribution in [2.24, 2.45) is 0 Å². The average molecular weight is 964 g/mol. The van der Waals surface area contributed by atoms with E-state index < -0.39 is 0 Å². The van der Waals surface area contributed by atoms with Crippen LogP contribution < -0.4 is 0 Å². The zero-order valence-electron chi connectivity index (χ0n) is 41.8. The lowest BCUT2D eigenvalue weighted by Gasteiger charge is -2.11. The summed E-state index contributed by atoms with van der Waals surface area (Å²) in [5.41, 5.74) is 26.1. The van der Waals surface area contributed by atoms with E-state index in [4.69, 9.17) is 0 Å². The highest BCUT2D eigenvalue weighted by atomic mass is 15.0. The van der Waals surface area contributed by atoms with Crippen LogP contribution in [0.4, 0.5) is 0 Å².